The van der Waals surface area contributed by atoms with Crippen LogP contribution in [0.3, 0.4) is 0 Å². The molecule has 0 aromatic heterocycles. The summed E-state index contributed by atoms with van der Waals surface area (Å²) in [6.45, 7) is 1.22. The average molecular weight is 402 g/mol. The van der Waals surface area contributed by atoms with Gasteiger partial charge >= 0.3 is 11.5 Å². The van der Waals surface area contributed by atoms with Gasteiger partial charge in [0, 0.05) is 24.1 Å². The minimum absolute atomic E-state index is 0.0720. The first kappa shape index (κ1) is 20.2. The zero-order chi connectivity index (χ0) is 19.8. The third-order valence-corrected chi connectivity index (χ3v) is 5.01. The topological polar surface area (TPSA) is 64.6 Å². The molecule has 1 amide bonds. The minimum Gasteiger partial charge on any atom is -0.454 e. The van der Waals surface area contributed by atoms with Crippen molar-refractivity contribution in [1.82, 2.24) is 5.32 Å². The van der Waals surface area contributed by atoms with E-state index in [0.717, 1.165) is 25.7 Å². The molecule has 0 atom stereocenters. The van der Waals surface area contributed by atoms with E-state index >= 15 is 0 Å². The Morgan fingerprint density at radius 1 is 0.857 bits per heavy atom. The van der Waals surface area contributed by atoms with Gasteiger partial charge in [-0.15, -0.1) is 0 Å². The molecule has 0 fully saturated rings. The summed E-state index contributed by atoms with van der Waals surface area (Å²) >= 11 is 5.09. The maximum Gasteiger partial charge on any atom is 0.407 e. The molecular formula is C22H24ClNO4. The summed E-state index contributed by atoms with van der Waals surface area (Å²) in [6.07, 6.45) is 3.07. The molecule has 0 saturated heterocycles. The molecule has 0 radical (unpaired) electrons. The molecule has 0 bridgehead atoms. The zero-order valence-corrected chi connectivity index (χ0v) is 16.4. The van der Waals surface area contributed by atoms with E-state index in [2.05, 4.69) is 34.3 Å². The van der Waals surface area contributed by atoms with E-state index in [1.165, 1.54) is 22.3 Å². The van der Waals surface area contributed by atoms with Crippen LogP contribution in [0, 0.1) is 0 Å². The molecule has 1 N–H and O–H groups in total. The third kappa shape index (κ3) is 5.26. The van der Waals surface area contributed by atoms with Crippen LogP contribution in [0.1, 0.15) is 42.7 Å². The molecule has 0 heterocycles. The molecule has 28 heavy (non-hydrogen) atoms. The van der Waals surface area contributed by atoms with Gasteiger partial charge in [0.15, 0.2) is 0 Å². The SMILES string of the molecule is O=C(Cl)OCCCCCCNC(=O)OCC1c2ccccc2-c2ccccc21. The number of carbonyl (C=O) groups is 2. The Bertz CT molecular complexity index is 778. The second-order valence-corrected chi connectivity index (χ2v) is 7.06. The molecule has 0 saturated carbocycles. The molecule has 6 heteroatoms. The summed E-state index contributed by atoms with van der Waals surface area (Å²) in [5.41, 5.74) is 4.07. The van der Waals surface area contributed by atoms with E-state index in [-0.39, 0.29) is 5.92 Å². The summed E-state index contributed by atoms with van der Waals surface area (Å²) < 4.78 is 10.1. The van der Waals surface area contributed by atoms with Crippen molar-refractivity contribution in [2.45, 2.75) is 31.6 Å². The fourth-order valence-corrected chi connectivity index (χ4v) is 3.65. The lowest BCUT2D eigenvalue weighted by Crippen LogP contribution is -2.27. The monoisotopic (exact) mass is 401 g/mol. The van der Waals surface area contributed by atoms with E-state index in [1.54, 1.807) is 0 Å². The number of alkyl carbamates (subject to hydrolysis) is 1. The van der Waals surface area contributed by atoms with Crippen LogP contribution >= 0.6 is 11.6 Å². The maximum absolute atomic E-state index is 12.0. The van der Waals surface area contributed by atoms with Crippen LogP contribution in [0.25, 0.3) is 11.1 Å². The number of rotatable bonds is 9. The first-order chi connectivity index (χ1) is 13.7. The first-order valence-corrected chi connectivity index (χ1v) is 9.95. The van der Waals surface area contributed by atoms with E-state index < -0.39 is 11.5 Å². The minimum atomic E-state index is -0.767. The van der Waals surface area contributed by atoms with Gasteiger partial charge in [0.25, 0.3) is 0 Å². The van der Waals surface area contributed by atoms with Gasteiger partial charge in [0.05, 0.1) is 6.61 Å². The summed E-state index contributed by atoms with van der Waals surface area (Å²) in [5.74, 6) is 0.0720. The van der Waals surface area contributed by atoms with Crippen molar-refractivity contribution in [2.75, 3.05) is 19.8 Å². The number of benzene rings is 2. The fourth-order valence-electron chi connectivity index (χ4n) is 3.57. The van der Waals surface area contributed by atoms with Crippen LogP contribution in [-0.2, 0) is 9.47 Å². The zero-order valence-electron chi connectivity index (χ0n) is 15.7. The lowest BCUT2D eigenvalue weighted by atomic mass is 9.98. The number of unbranched alkanes of at least 4 members (excludes halogenated alkanes) is 3. The van der Waals surface area contributed by atoms with Gasteiger partial charge in [0.1, 0.15) is 6.61 Å². The van der Waals surface area contributed by atoms with Gasteiger partial charge in [-0.1, -0.05) is 55.0 Å². The highest BCUT2D eigenvalue weighted by Crippen LogP contribution is 2.44. The summed E-state index contributed by atoms with van der Waals surface area (Å²) in [7, 11) is 0. The quantitative estimate of drug-likeness (QED) is 0.447. The average Bonchev–Trinajstić information content (AvgIpc) is 3.02. The fraction of sp³-hybridized carbons (Fsp3) is 0.364. The predicted molar refractivity (Wildman–Crippen MR) is 109 cm³/mol. The highest BCUT2D eigenvalue weighted by atomic mass is 35.5. The van der Waals surface area contributed by atoms with Crippen LogP contribution in [0.5, 0.6) is 0 Å². The van der Waals surface area contributed by atoms with Crippen molar-refractivity contribution in [1.29, 1.82) is 0 Å². The van der Waals surface area contributed by atoms with E-state index in [1.807, 2.05) is 24.3 Å². The highest BCUT2D eigenvalue weighted by Gasteiger charge is 2.28. The molecule has 2 aromatic carbocycles. The van der Waals surface area contributed by atoms with Gasteiger partial charge < -0.3 is 14.8 Å². The Balaban J connectivity index is 1.39. The Hall–Kier alpha value is -2.53. The molecule has 1 aliphatic carbocycles. The van der Waals surface area contributed by atoms with Crippen molar-refractivity contribution < 1.29 is 19.1 Å². The Morgan fingerprint density at radius 2 is 1.46 bits per heavy atom. The van der Waals surface area contributed by atoms with E-state index in [4.69, 9.17) is 16.3 Å². The molecule has 0 aliphatic heterocycles. The standard InChI is InChI=1S/C22H24ClNO4/c23-21(25)27-14-8-2-1-7-13-24-22(26)28-15-20-18-11-5-3-9-16(18)17-10-4-6-12-19(17)20/h3-6,9-12,20H,1-2,7-8,13-15H2,(H,24,26). The predicted octanol–water partition coefficient (Wildman–Crippen LogP) is 5.46. The van der Waals surface area contributed by atoms with E-state index in [0.29, 0.717) is 19.8 Å². The Morgan fingerprint density at radius 3 is 2.11 bits per heavy atom. The molecule has 3 rings (SSSR count). The number of hydrogen-bond acceptors (Lipinski definition) is 4. The number of amides is 1. The summed E-state index contributed by atoms with van der Waals surface area (Å²) in [6, 6.07) is 16.5. The van der Waals surface area contributed by atoms with Crippen LogP contribution in [-0.4, -0.2) is 31.3 Å². The van der Waals surface area contributed by atoms with Crippen LogP contribution in [0.4, 0.5) is 9.59 Å². The van der Waals surface area contributed by atoms with Gasteiger partial charge in [-0.2, -0.15) is 0 Å². The second kappa shape index (κ2) is 10.1. The summed E-state index contributed by atoms with van der Waals surface area (Å²) in [5, 5.41) is 2.80. The van der Waals surface area contributed by atoms with Gasteiger partial charge in [-0.05, 0) is 41.5 Å². The molecule has 0 unspecified atom stereocenters. The largest absolute Gasteiger partial charge is 0.454 e. The lowest BCUT2D eigenvalue weighted by molar-refractivity contribution is 0.142. The van der Waals surface area contributed by atoms with Crippen molar-refractivity contribution in [3.8, 4) is 11.1 Å². The Labute approximate surface area is 170 Å². The molecule has 2 aromatic rings. The number of hydrogen-bond donors (Lipinski definition) is 1. The van der Waals surface area contributed by atoms with Crippen molar-refractivity contribution >= 4 is 23.1 Å². The molecule has 0 spiro atoms. The molecule has 1 aliphatic rings. The smallest absolute Gasteiger partial charge is 0.407 e. The number of carbonyl (C=O) groups excluding carboxylic acids is 2. The third-order valence-electron chi connectivity index (χ3n) is 4.90. The number of fused-ring (bicyclic) bond motifs is 3. The number of ether oxygens (including phenoxy) is 2. The number of halogens is 1. The van der Waals surface area contributed by atoms with Crippen molar-refractivity contribution in [3.63, 3.8) is 0 Å². The number of nitrogens with one attached hydrogen (secondary N) is 1. The molecular weight excluding hydrogens is 378 g/mol. The van der Waals surface area contributed by atoms with Gasteiger partial charge in [-0.3, -0.25) is 0 Å². The molecule has 5 nitrogen and oxygen atoms in total. The molecule has 148 valence electrons. The van der Waals surface area contributed by atoms with Crippen LogP contribution in [0.2, 0.25) is 0 Å². The van der Waals surface area contributed by atoms with Gasteiger partial charge in [0.2, 0.25) is 0 Å². The van der Waals surface area contributed by atoms with Crippen LogP contribution < -0.4 is 5.32 Å². The van der Waals surface area contributed by atoms with Crippen molar-refractivity contribution in [3.05, 3.63) is 59.7 Å². The Kier molecular flexibility index (Phi) is 7.31. The van der Waals surface area contributed by atoms with Crippen LogP contribution in [0.15, 0.2) is 48.5 Å². The second-order valence-electron chi connectivity index (χ2n) is 6.75. The maximum atomic E-state index is 12.0. The van der Waals surface area contributed by atoms with E-state index in [9.17, 15) is 9.59 Å². The highest BCUT2D eigenvalue weighted by molar-refractivity contribution is 6.61. The first-order valence-electron chi connectivity index (χ1n) is 9.58. The lowest BCUT2D eigenvalue weighted by Gasteiger charge is -2.14. The summed E-state index contributed by atoms with van der Waals surface area (Å²) in [4.78, 5) is 22.5. The van der Waals surface area contributed by atoms with Gasteiger partial charge in [-0.25, -0.2) is 9.59 Å². The normalized spacial score (nSPS) is 12.2. The van der Waals surface area contributed by atoms with Crippen molar-refractivity contribution in [2.24, 2.45) is 0 Å².